The van der Waals surface area contributed by atoms with Crippen molar-refractivity contribution in [1.29, 1.82) is 0 Å². The molecule has 1 heterocycles. The number of aryl methyl sites for hydroxylation is 3. The summed E-state index contributed by atoms with van der Waals surface area (Å²) in [4.78, 5) is 26.7. The minimum Gasteiger partial charge on any atom is -0.481 e. The molecule has 0 unspecified atom stereocenters. The van der Waals surface area contributed by atoms with E-state index in [-0.39, 0.29) is 25.3 Å². The highest BCUT2D eigenvalue weighted by Crippen LogP contribution is 2.35. The first-order chi connectivity index (χ1) is 13.8. The molecular formula is C24H29NO4. The Labute approximate surface area is 172 Å². The fraction of sp³-hybridized carbons (Fsp3) is 0.417. The Morgan fingerprint density at radius 3 is 2.34 bits per heavy atom. The van der Waals surface area contributed by atoms with Crippen LogP contribution in [-0.2, 0) is 22.4 Å². The van der Waals surface area contributed by atoms with Crippen LogP contribution in [0.5, 0.6) is 0 Å². The van der Waals surface area contributed by atoms with Crippen LogP contribution < -0.4 is 0 Å². The third-order valence-electron chi connectivity index (χ3n) is 5.83. The molecule has 1 aliphatic heterocycles. The number of benzene rings is 2. The van der Waals surface area contributed by atoms with Crippen molar-refractivity contribution in [2.24, 2.45) is 5.41 Å². The zero-order valence-electron chi connectivity index (χ0n) is 17.1. The number of carbonyl (C=O) groups is 2. The molecule has 1 fully saturated rings. The molecule has 3 rings (SSSR count). The van der Waals surface area contributed by atoms with Crippen molar-refractivity contribution in [2.45, 2.75) is 45.6 Å². The van der Waals surface area contributed by atoms with E-state index in [9.17, 15) is 19.8 Å². The van der Waals surface area contributed by atoms with Gasteiger partial charge in [0, 0.05) is 19.5 Å². The molecule has 5 nitrogen and oxygen atoms in total. The summed E-state index contributed by atoms with van der Waals surface area (Å²) >= 11 is 0. The van der Waals surface area contributed by atoms with Crippen LogP contribution in [0.1, 0.15) is 35.1 Å². The van der Waals surface area contributed by atoms with Gasteiger partial charge in [-0.25, -0.2) is 0 Å². The molecule has 0 aliphatic carbocycles. The maximum absolute atomic E-state index is 12.9. The number of aliphatic carboxylic acids is 1. The topological polar surface area (TPSA) is 77.8 Å². The number of amides is 1. The fourth-order valence-electron chi connectivity index (χ4n) is 4.33. The molecule has 1 aliphatic rings. The summed E-state index contributed by atoms with van der Waals surface area (Å²) in [6, 6.07) is 15.6. The van der Waals surface area contributed by atoms with Crippen molar-refractivity contribution < 1.29 is 19.8 Å². The molecule has 2 atom stereocenters. The third-order valence-corrected chi connectivity index (χ3v) is 5.83. The second kappa shape index (κ2) is 8.78. The van der Waals surface area contributed by atoms with Gasteiger partial charge < -0.3 is 15.1 Å². The minimum atomic E-state index is -1.38. The van der Waals surface area contributed by atoms with Gasteiger partial charge in [0.1, 0.15) is 5.41 Å². The van der Waals surface area contributed by atoms with E-state index < -0.39 is 17.5 Å². The van der Waals surface area contributed by atoms with Crippen LogP contribution in [0.2, 0.25) is 0 Å². The molecule has 0 aromatic heterocycles. The van der Waals surface area contributed by atoms with Gasteiger partial charge in [-0.2, -0.15) is 0 Å². The lowest BCUT2D eigenvalue weighted by Crippen LogP contribution is -2.58. The number of aliphatic hydroxyl groups excluding tert-OH is 1. The van der Waals surface area contributed by atoms with E-state index in [4.69, 9.17) is 0 Å². The zero-order valence-corrected chi connectivity index (χ0v) is 17.1. The van der Waals surface area contributed by atoms with Gasteiger partial charge in [0.2, 0.25) is 5.91 Å². The monoisotopic (exact) mass is 395 g/mol. The van der Waals surface area contributed by atoms with Gasteiger partial charge >= 0.3 is 5.97 Å². The van der Waals surface area contributed by atoms with E-state index in [0.717, 1.165) is 11.1 Å². The number of rotatable bonds is 6. The molecule has 1 amide bonds. The van der Waals surface area contributed by atoms with Crippen LogP contribution in [0.25, 0.3) is 0 Å². The van der Waals surface area contributed by atoms with Gasteiger partial charge in [-0.05, 0) is 44.2 Å². The molecule has 1 saturated heterocycles. The molecule has 0 bridgehead atoms. The van der Waals surface area contributed by atoms with Crippen LogP contribution in [0, 0.1) is 19.3 Å². The van der Waals surface area contributed by atoms with Gasteiger partial charge in [-0.15, -0.1) is 0 Å². The Morgan fingerprint density at radius 2 is 1.72 bits per heavy atom. The van der Waals surface area contributed by atoms with Crippen molar-refractivity contribution >= 4 is 11.9 Å². The Hall–Kier alpha value is -2.66. The summed E-state index contributed by atoms with van der Waals surface area (Å²) in [5, 5.41) is 20.6. The number of hydrogen-bond acceptors (Lipinski definition) is 3. The van der Waals surface area contributed by atoms with Crippen molar-refractivity contribution in [3.05, 3.63) is 70.8 Å². The maximum atomic E-state index is 12.9. The third kappa shape index (κ3) is 4.85. The number of carboxylic acids is 1. The number of hydrogen-bond donors (Lipinski definition) is 2. The van der Waals surface area contributed by atoms with Crippen molar-refractivity contribution in [1.82, 2.24) is 4.90 Å². The summed E-state index contributed by atoms with van der Waals surface area (Å²) < 4.78 is 0. The molecule has 0 spiro atoms. The van der Waals surface area contributed by atoms with E-state index in [0.29, 0.717) is 19.4 Å². The number of likely N-dealkylation sites (tertiary alicyclic amines) is 1. The van der Waals surface area contributed by atoms with Gasteiger partial charge in [0.15, 0.2) is 0 Å². The molecule has 5 heteroatoms. The van der Waals surface area contributed by atoms with Gasteiger partial charge in [-0.3, -0.25) is 9.59 Å². The maximum Gasteiger partial charge on any atom is 0.314 e. The predicted octanol–water partition coefficient (Wildman–Crippen LogP) is 3.14. The van der Waals surface area contributed by atoms with Crippen LogP contribution in [0.15, 0.2) is 48.5 Å². The summed E-state index contributed by atoms with van der Waals surface area (Å²) in [7, 11) is 0. The van der Waals surface area contributed by atoms with Crippen molar-refractivity contribution in [2.75, 3.05) is 13.1 Å². The highest BCUT2D eigenvalue weighted by Gasteiger charge is 2.50. The predicted molar refractivity (Wildman–Crippen MR) is 112 cm³/mol. The number of aliphatic hydroxyl groups is 1. The van der Waals surface area contributed by atoms with Crippen molar-refractivity contribution in [3.8, 4) is 0 Å². The Balaban J connectivity index is 1.73. The summed E-state index contributed by atoms with van der Waals surface area (Å²) in [6.07, 6.45) is 0.447. The lowest BCUT2D eigenvalue weighted by Gasteiger charge is -2.43. The highest BCUT2D eigenvalue weighted by atomic mass is 16.4. The quantitative estimate of drug-likeness (QED) is 0.788. The van der Waals surface area contributed by atoms with Crippen LogP contribution in [0.3, 0.4) is 0 Å². The van der Waals surface area contributed by atoms with Crippen LogP contribution >= 0.6 is 0 Å². The Kier molecular flexibility index (Phi) is 6.38. The van der Waals surface area contributed by atoms with Crippen LogP contribution in [0.4, 0.5) is 0 Å². The van der Waals surface area contributed by atoms with Gasteiger partial charge in [0.25, 0.3) is 0 Å². The first-order valence-corrected chi connectivity index (χ1v) is 10.1. The van der Waals surface area contributed by atoms with E-state index in [1.54, 1.807) is 4.90 Å². The second-order valence-electron chi connectivity index (χ2n) is 8.24. The van der Waals surface area contributed by atoms with Crippen molar-refractivity contribution in [3.63, 3.8) is 0 Å². The van der Waals surface area contributed by atoms with E-state index in [1.165, 1.54) is 11.1 Å². The molecule has 0 saturated carbocycles. The Bertz CT molecular complexity index is 859. The standard InChI is InChI=1S/C24H29NO4/c1-17-12-18(2)14-20(13-17)8-9-22(27)25-11-10-21(26)24(16-25,23(28)29)15-19-6-4-3-5-7-19/h3-7,12-14,21,26H,8-11,15-16H2,1-2H3,(H,28,29)/t21-,24-/m1/s1. The summed E-state index contributed by atoms with van der Waals surface area (Å²) in [5.41, 5.74) is 2.91. The zero-order chi connectivity index (χ0) is 21.0. The number of carboxylic acid groups (broad SMARTS) is 1. The number of nitrogens with zero attached hydrogens (tertiary/aromatic N) is 1. The molecule has 2 aromatic carbocycles. The average molecular weight is 395 g/mol. The normalized spacial score (nSPS) is 21.8. The lowest BCUT2D eigenvalue weighted by molar-refractivity contribution is -0.165. The molecule has 2 N–H and O–H groups in total. The van der Waals surface area contributed by atoms with E-state index in [1.807, 2.05) is 44.2 Å². The largest absolute Gasteiger partial charge is 0.481 e. The fourth-order valence-corrected chi connectivity index (χ4v) is 4.33. The van der Waals surface area contributed by atoms with Gasteiger partial charge in [0.05, 0.1) is 6.10 Å². The molecule has 2 aromatic rings. The van der Waals surface area contributed by atoms with Crippen LogP contribution in [-0.4, -0.2) is 46.2 Å². The second-order valence-corrected chi connectivity index (χ2v) is 8.24. The first-order valence-electron chi connectivity index (χ1n) is 10.1. The highest BCUT2D eigenvalue weighted by molar-refractivity contribution is 5.80. The average Bonchev–Trinajstić information content (AvgIpc) is 2.67. The first kappa shape index (κ1) is 21.1. The Morgan fingerprint density at radius 1 is 1.07 bits per heavy atom. The SMILES string of the molecule is Cc1cc(C)cc(CCC(=O)N2CC[C@@H](O)[C@](Cc3ccccc3)(C(=O)O)C2)c1. The molecular weight excluding hydrogens is 366 g/mol. The smallest absolute Gasteiger partial charge is 0.314 e. The molecule has 29 heavy (non-hydrogen) atoms. The summed E-state index contributed by atoms with van der Waals surface area (Å²) in [6.45, 7) is 4.49. The minimum absolute atomic E-state index is 0.0318. The number of piperidine rings is 1. The lowest BCUT2D eigenvalue weighted by atomic mass is 9.72. The van der Waals surface area contributed by atoms with E-state index >= 15 is 0 Å². The van der Waals surface area contributed by atoms with E-state index in [2.05, 4.69) is 18.2 Å². The van der Waals surface area contributed by atoms with Gasteiger partial charge in [-0.1, -0.05) is 59.7 Å². The summed E-state index contributed by atoms with van der Waals surface area (Å²) in [5.74, 6) is -1.12. The molecule has 0 radical (unpaired) electrons. The molecule has 154 valence electrons. The number of carbonyl (C=O) groups excluding carboxylic acids is 1.